The molecular formula is C23H25N3O2. The highest BCUT2D eigenvalue weighted by Crippen LogP contribution is 2.24. The summed E-state index contributed by atoms with van der Waals surface area (Å²) in [6.07, 6.45) is 3.45. The summed E-state index contributed by atoms with van der Waals surface area (Å²) in [6, 6.07) is 15.9. The van der Waals surface area contributed by atoms with E-state index in [-0.39, 0.29) is 11.8 Å². The molecule has 1 N–H and O–H groups in total. The van der Waals surface area contributed by atoms with Crippen LogP contribution in [0.5, 0.6) is 5.75 Å². The first-order chi connectivity index (χ1) is 13.6. The fourth-order valence-electron chi connectivity index (χ4n) is 3.72. The van der Waals surface area contributed by atoms with Crippen molar-refractivity contribution < 1.29 is 9.53 Å². The predicted octanol–water partition coefficient (Wildman–Crippen LogP) is 4.28. The minimum atomic E-state index is -0.0273. The van der Waals surface area contributed by atoms with E-state index in [1.807, 2.05) is 49.5 Å². The van der Waals surface area contributed by atoms with Crippen LogP contribution in [0, 0.1) is 19.8 Å². The van der Waals surface area contributed by atoms with E-state index in [9.17, 15) is 4.79 Å². The van der Waals surface area contributed by atoms with Crippen LogP contribution in [0.2, 0.25) is 0 Å². The van der Waals surface area contributed by atoms with Crippen molar-refractivity contribution in [2.45, 2.75) is 39.8 Å². The molecule has 5 nitrogen and oxygen atoms in total. The van der Waals surface area contributed by atoms with Gasteiger partial charge in [0.05, 0.1) is 0 Å². The normalized spacial score (nSPS) is 15.7. The topological polar surface area (TPSA) is 56.1 Å². The van der Waals surface area contributed by atoms with Crippen LogP contribution in [0.15, 0.2) is 54.7 Å². The molecule has 0 spiro atoms. The molecule has 1 atom stereocenters. The summed E-state index contributed by atoms with van der Waals surface area (Å²) in [6.45, 7) is 5.43. The molecule has 4 rings (SSSR count). The van der Waals surface area contributed by atoms with Crippen molar-refractivity contribution in [3.63, 3.8) is 0 Å². The van der Waals surface area contributed by atoms with Crippen molar-refractivity contribution in [3.05, 3.63) is 77.4 Å². The van der Waals surface area contributed by atoms with Crippen molar-refractivity contribution in [3.8, 4) is 5.75 Å². The van der Waals surface area contributed by atoms with E-state index in [1.165, 1.54) is 5.56 Å². The molecule has 1 aliphatic rings. The Balaban J connectivity index is 1.37. The van der Waals surface area contributed by atoms with Crippen molar-refractivity contribution in [1.82, 2.24) is 9.55 Å². The fraction of sp³-hybridized carbons (Fsp3) is 0.304. The van der Waals surface area contributed by atoms with E-state index in [0.29, 0.717) is 6.61 Å². The summed E-state index contributed by atoms with van der Waals surface area (Å²) in [5, 5.41) is 3.05. The monoisotopic (exact) mass is 375 g/mol. The average Bonchev–Trinajstić information content (AvgIpc) is 3.07. The molecule has 28 heavy (non-hydrogen) atoms. The quantitative estimate of drug-likeness (QED) is 0.724. The lowest BCUT2D eigenvalue weighted by Gasteiger charge is -2.24. The Morgan fingerprint density at radius 2 is 2.07 bits per heavy atom. The molecule has 0 saturated heterocycles. The highest BCUT2D eigenvalue weighted by molar-refractivity contribution is 5.92. The number of carbonyl (C=O) groups is 1. The van der Waals surface area contributed by atoms with Gasteiger partial charge in [-0.05, 0) is 38.0 Å². The highest BCUT2D eigenvalue weighted by atomic mass is 16.5. The van der Waals surface area contributed by atoms with Crippen molar-refractivity contribution >= 4 is 11.6 Å². The van der Waals surface area contributed by atoms with Crippen molar-refractivity contribution in [2.75, 3.05) is 5.32 Å². The lowest BCUT2D eigenvalue weighted by molar-refractivity contribution is -0.120. The molecule has 0 saturated carbocycles. The Labute approximate surface area is 165 Å². The number of aromatic nitrogens is 2. The second-order valence-corrected chi connectivity index (χ2v) is 7.43. The zero-order valence-corrected chi connectivity index (χ0v) is 16.3. The molecule has 2 heterocycles. The van der Waals surface area contributed by atoms with Gasteiger partial charge in [0.15, 0.2) is 0 Å². The van der Waals surface area contributed by atoms with Gasteiger partial charge in [0.25, 0.3) is 0 Å². The van der Waals surface area contributed by atoms with E-state index >= 15 is 0 Å². The fourth-order valence-corrected chi connectivity index (χ4v) is 3.72. The Morgan fingerprint density at radius 3 is 2.93 bits per heavy atom. The molecule has 0 fully saturated rings. The molecule has 0 radical (unpaired) electrons. The molecule has 1 unspecified atom stereocenters. The summed E-state index contributed by atoms with van der Waals surface area (Å²) in [5.41, 5.74) is 4.25. The smallest absolute Gasteiger partial charge is 0.227 e. The van der Waals surface area contributed by atoms with Gasteiger partial charge in [0, 0.05) is 42.5 Å². The van der Waals surface area contributed by atoms with E-state index in [0.717, 1.165) is 47.9 Å². The summed E-state index contributed by atoms with van der Waals surface area (Å²) in [5.74, 6) is 1.80. The van der Waals surface area contributed by atoms with Gasteiger partial charge in [-0.15, -0.1) is 0 Å². The first-order valence-electron chi connectivity index (χ1n) is 9.69. The molecule has 144 valence electrons. The van der Waals surface area contributed by atoms with E-state index in [4.69, 9.17) is 4.74 Å². The van der Waals surface area contributed by atoms with Crippen LogP contribution in [0.3, 0.4) is 0 Å². The summed E-state index contributed by atoms with van der Waals surface area (Å²) in [7, 11) is 0. The van der Waals surface area contributed by atoms with Crippen molar-refractivity contribution in [1.29, 1.82) is 0 Å². The Hall–Kier alpha value is -3.08. The summed E-state index contributed by atoms with van der Waals surface area (Å²) >= 11 is 0. The molecule has 3 aromatic rings. The van der Waals surface area contributed by atoms with Crippen LogP contribution in [0.4, 0.5) is 5.69 Å². The second kappa shape index (κ2) is 7.89. The van der Waals surface area contributed by atoms with Gasteiger partial charge in [-0.3, -0.25) is 4.79 Å². The Kier molecular flexibility index (Phi) is 5.15. The van der Waals surface area contributed by atoms with Crippen LogP contribution in [0.25, 0.3) is 0 Å². The molecule has 5 heteroatoms. The van der Waals surface area contributed by atoms with E-state index in [2.05, 4.69) is 33.9 Å². The zero-order chi connectivity index (χ0) is 19.5. The Morgan fingerprint density at radius 1 is 1.21 bits per heavy atom. The third kappa shape index (κ3) is 4.09. The van der Waals surface area contributed by atoms with Crippen LogP contribution in [-0.4, -0.2) is 15.5 Å². The third-order valence-electron chi connectivity index (χ3n) is 5.25. The lowest BCUT2D eigenvalue weighted by Crippen LogP contribution is -2.30. The maximum atomic E-state index is 12.7. The van der Waals surface area contributed by atoms with Gasteiger partial charge in [-0.1, -0.05) is 35.9 Å². The van der Waals surface area contributed by atoms with Crippen LogP contribution in [-0.2, 0) is 24.4 Å². The number of aryl methyl sites for hydroxylation is 2. The number of ether oxygens (including phenoxy) is 1. The maximum Gasteiger partial charge on any atom is 0.227 e. The summed E-state index contributed by atoms with van der Waals surface area (Å²) < 4.78 is 8.10. The number of hydrogen-bond acceptors (Lipinski definition) is 3. The van der Waals surface area contributed by atoms with E-state index in [1.54, 1.807) is 0 Å². The van der Waals surface area contributed by atoms with Gasteiger partial charge in [-0.25, -0.2) is 4.98 Å². The molecule has 0 bridgehead atoms. The van der Waals surface area contributed by atoms with Gasteiger partial charge in [-0.2, -0.15) is 0 Å². The molecular weight excluding hydrogens is 350 g/mol. The number of benzene rings is 2. The molecule has 1 aliphatic heterocycles. The summed E-state index contributed by atoms with van der Waals surface area (Å²) in [4.78, 5) is 17.1. The number of hydrogen-bond donors (Lipinski definition) is 1. The average molecular weight is 375 g/mol. The molecule has 1 aromatic heterocycles. The van der Waals surface area contributed by atoms with Crippen molar-refractivity contribution in [2.24, 2.45) is 5.92 Å². The Bertz CT molecular complexity index is 993. The second-order valence-electron chi connectivity index (χ2n) is 7.43. The number of anilines is 1. The molecule has 2 aromatic carbocycles. The van der Waals surface area contributed by atoms with Crippen LogP contribution < -0.4 is 10.1 Å². The first kappa shape index (κ1) is 18.3. The largest absolute Gasteiger partial charge is 0.489 e. The number of fused-ring (bicyclic) bond motifs is 1. The number of nitrogens with one attached hydrogen (secondary N) is 1. The highest BCUT2D eigenvalue weighted by Gasteiger charge is 2.26. The minimum absolute atomic E-state index is 0.0273. The standard InChI is InChI=1S/C23H25N3O2/c1-16-5-3-6-18(11-16)15-28-22-8-4-7-20(13-22)25-23(27)19-9-10-26-17(2)24-14-21(26)12-19/h3-8,11,13-14,19H,9-10,12,15H2,1-2H3,(H,25,27). The predicted molar refractivity (Wildman–Crippen MR) is 109 cm³/mol. The van der Waals surface area contributed by atoms with E-state index < -0.39 is 0 Å². The van der Waals surface area contributed by atoms with Gasteiger partial charge < -0.3 is 14.6 Å². The third-order valence-corrected chi connectivity index (χ3v) is 5.25. The number of nitrogens with zero attached hydrogens (tertiary/aromatic N) is 2. The number of carbonyl (C=O) groups excluding carboxylic acids is 1. The van der Waals surface area contributed by atoms with Gasteiger partial charge in [0.2, 0.25) is 5.91 Å². The zero-order valence-electron chi connectivity index (χ0n) is 16.3. The number of amides is 1. The first-order valence-corrected chi connectivity index (χ1v) is 9.69. The number of imidazole rings is 1. The van der Waals surface area contributed by atoms with Crippen LogP contribution in [0.1, 0.15) is 29.1 Å². The SMILES string of the molecule is Cc1cccc(COc2cccc(NC(=O)C3CCn4c(cnc4C)C3)c2)c1. The maximum absolute atomic E-state index is 12.7. The molecule has 1 amide bonds. The minimum Gasteiger partial charge on any atom is -0.489 e. The number of rotatable bonds is 5. The van der Waals surface area contributed by atoms with Gasteiger partial charge in [0.1, 0.15) is 18.2 Å². The molecule has 0 aliphatic carbocycles. The van der Waals surface area contributed by atoms with Crippen LogP contribution >= 0.6 is 0 Å². The van der Waals surface area contributed by atoms with Gasteiger partial charge >= 0.3 is 0 Å². The lowest BCUT2D eigenvalue weighted by atomic mass is 9.95.